The van der Waals surface area contributed by atoms with Crippen LogP contribution < -0.4 is 0 Å². The first-order chi connectivity index (χ1) is 11.1. The summed E-state index contributed by atoms with van der Waals surface area (Å²) in [5.41, 5.74) is 0.463. The minimum atomic E-state index is -0.597. The van der Waals surface area contributed by atoms with E-state index in [4.69, 9.17) is 16.3 Å². The fraction of sp³-hybridized carbons (Fsp3) is 0.526. The van der Waals surface area contributed by atoms with Gasteiger partial charge in [0.25, 0.3) is 0 Å². The second-order valence-corrected chi connectivity index (χ2v) is 7.95. The molecule has 2 saturated heterocycles. The molecule has 0 spiro atoms. The smallest absolute Gasteiger partial charge is 0.228 e. The van der Waals surface area contributed by atoms with Crippen molar-refractivity contribution >= 4 is 17.5 Å². The van der Waals surface area contributed by atoms with Gasteiger partial charge in [-0.2, -0.15) is 0 Å². The van der Waals surface area contributed by atoms with E-state index in [1.54, 1.807) is 0 Å². The molecule has 1 saturated carbocycles. The van der Waals surface area contributed by atoms with E-state index >= 15 is 0 Å². The van der Waals surface area contributed by atoms with Crippen LogP contribution in [0.25, 0.3) is 0 Å². The molecule has 6 atom stereocenters. The number of allylic oxidation sites excluding steroid dienone is 1. The highest BCUT2D eigenvalue weighted by Crippen LogP contribution is 2.57. The molecule has 2 heterocycles. The van der Waals surface area contributed by atoms with Gasteiger partial charge in [0.2, 0.25) is 5.91 Å². The van der Waals surface area contributed by atoms with Crippen LogP contribution in [-0.2, 0) is 15.3 Å². The molecule has 2 bridgehead atoms. The third-order valence-electron chi connectivity index (χ3n) is 6.32. The average molecular weight is 330 g/mol. The highest BCUT2D eigenvalue weighted by atomic mass is 35.5. The van der Waals surface area contributed by atoms with Gasteiger partial charge in [-0.3, -0.25) is 4.79 Å². The highest BCUT2D eigenvalue weighted by molar-refractivity contribution is 6.30. The number of hydrogen-bond acceptors (Lipinski definition) is 2. The van der Waals surface area contributed by atoms with Gasteiger partial charge in [0.15, 0.2) is 5.72 Å². The third-order valence-corrected chi connectivity index (χ3v) is 6.57. The molecule has 1 amide bonds. The monoisotopic (exact) mass is 329 g/mol. The predicted octanol–water partition coefficient (Wildman–Crippen LogP) is 3.58. The van der Waals surface area contributed by atoms with E-state index in [-0.39, 0.29) is 11.8 Å². The molecule has 4 aliphatic rings. The number of halogens is 1. The van der Waals surface area contributed by atoms with Crippen LogP contribution in [0.3, 0.4) is 0 Å². The summed E-state index contributed by atoms with van der Waals surface area (Å²) in [5, 5.41) is 0.714. The summed E-state index contributed by atoms with van der Waals surface area (Å²) >= 11 is 6.06. The number of carbonyl (C=O) groups excluding carboxylic acids is 1. The first-order valence-corrected chi connectivity index (χ1v) is 8.89. The van der Waals surface area contributed by atoms with Crippen LogP contribution in [-0.4, -0.2) is 23.5 Å². The quantitative estimate of drug-likeness (QED) is 0.737. The van der Waals surface area contributed by atoms with Crippen LogP contribution in [0.2, 0.25) is 5.02 Å². The van der Waals surface area contributed by atoms with Crippen molar-refractivity contribution in [3.05, 3.63) is 47.0 Å². The molecule has 2 aliphatic heterocycles. The zero-order valence-corrected chi connectivity index (χ0v) is 13.9. The normalized spacial score (nSPS) is 43.8. The van der Waals surface area contributed by atoms with E-state index in [1.807, 2.05) is 31.2 Å². The number of hydrogen-bond donors (Lipinski definition) is 0. The minimum Gasteiger partial charge on any atom is -0.351 e. The Kier molecular flexibility index (Phi) is 2.82. The van der Waals surface area contributed by atoms with E-state index in [9.17, 15) is 4.79 Å². The second kappa shape index (κ2) is 4.61. The molecule has 0 N–H and O–H groups in total. The topological polar surface area (TPSA) is 29.5 Å². The number of ether oxygens (including phenoxy) is 1. The van der Waals surface area contributed by atoms with Crippen LogP contribution in [0.5, 0.6) is 0 Å². The van der Waals surface area contributed by atoms with E-state index in [2.05, 4.69) is 17.1 Å². The summed E-state index contributed by atoms with van der Waals surface area (Å²) in [5.74, 6) is 1.79. The van der Waals surface area contributed by atoms with Gasteiger partial charge in [-0.25, -0.2) is 0 Å². The van der Waals surface area contributed by atoms with Gasteiger partial charge in [-0.15, -0.1) is 0 Å². The molecular weight excluding hydrogens is 310 g/mol. The lowest BCUT2D eigenvalue weighted by Gasteiger charge is -2.51. The van der Waals surface area contributed by atoms with Crippen molar-refractivity contribution in [3.8, 4) is 0 Å². The number of benzene rings is 1. The van der Waals surface area contributed by atoms with Crippen LogP contribution in [0.15, 0.2) is 36.4 Å². The summed E-state index contributed by atoms with van der Waals surface area (Å²) in [6.45, 7) is 2.77. The van der Waals surface area contributed by atoms with E-state index in [1.165, 1.54) is 6.42 Å². The van der Waals surface area contributed by atoms with Gasteiger partial charge in [-0.05, 0) is 30.4 Å². The Morgan fingerprint density at radius 1 is 1.22 bits per heavy atom. The highest BCUT2D eigenvalue weighted by Gasteiger charge is 2.63. The summed E-state index contributed by atoms with van der Waals surface area (Å²) in [6, 6.07) is 8.13. The molecule has 1 aromatic rings. The molecule has 3 fully saturated rings. The van der Waals surface area contributed by atoms with Crippen molar-refractivity contribution in [2.24, 2.45) is 23.7 Å². The molecule has 0 aromatic heterocycles. The van der Waals surface area contributed by atoms with Crippen molar-refractivity contribution in [2.75, 3.05) is 6.61 Å². The van der Waals surface area contributed by atoms with Crippen LogP contribution in [0, 0.1) is 23.7 Å². The maximum absolute atomic E-state index is 13.0. The lowest BCUT2D eigenvalue weighted by Crippen LogP contribution is -2.60. The number of rotatable bonds is 1. The molecule has 5 rings (SSSR count). The van der Waals surface area contributed by atoms with Gasteiger partial charge in [-0.1, -0.05) is 42.8 Å². The molecule has 23 heavy (non-hydrogen) atoms. The first-order valence-electron chi connectivity index (χ1n) is 8.52. The van der Waals surface area contributed by atoms with Gasteiger partial charge < -0.3 is 9.64 Å². The van der Waals surface area contributed by atoms with Crippen molar-refractivity contribution in [1.82, 2.24) is 4.90 Å². The SMILES string of the molecule is C[C@@H]1C[C@]2(c3ccc(Cl)cc3)OC[C@@H]3[C@@H]([C@@H]4C=C[C@H]3C4)N2C1=O. The zero-order valence-electron chi connectivity index (χ0n) is 13.1. The Hall–Kier alpha value is -1.32. The zero-order chi connectivity index (χ0) is 15.8. The van der Waals surface area contributed by atoms with Gasteiger partial charge in [0.05, 0.1) is 6.61 Å². The number of fused-ring (bicyclic) bond motifs is 7. The average Bonchev–Trinajstić information content (AvgIpc) is 3.22. The first kappa shape index (κ1) is 14.1. The summed E-state index contributed by atoms with van der Waals surface area (Å²) < 4.78 is 6.45. The number of carbonyl (C=O) groups is 1. The second-order valence-electron chi connectivity index (χ2n) is 7.52. The molecule has 2 aliphatic carbocycles. The molecule has 3 nitrogen and oxygen atoms in total. The largest absolute Gasteiger partial charge is 0.351 e. The number of amides is 1. The Bertz CT molecular complexity index is 700. The summed E-state index contributed by atoms with van der Waals surface area (Å²) in [7, 11) is 0. The van der Waals surface area contributed by atoms with Crippen molar-refractivity contribution in [2.45, 2.75) is 31.5 Å². The van der Waals surface area contributed by atoms with Crippen LogP contribution >= 0.6 is 11.6 Å². The third kappa shape index (κ3) is 1.72. The van der Waals surface area contributed by atoms with Crippen molar-refractivity contribution < 1.29 is 9.53 Å². The number of nitrogens with zero attached hydrogens (tertiary/aromatic N) is 1. The van der Waals surface area contributed by atoms with Gasteiger partial charge >= 0.3 is 0 Å². The lowest BCUT2D eigenvalue weighted by atomic mass is 9.84. The summed E-state index contributed by atoms with van der Waals surface area (Å²) in [6.07, 6.45) is 6.56. The molecule has 120 valence electrons. The Morgan fingerprint density at radius 2 is 1.96 bits per heavy atom. The Labute approximate surface area is 141 Å². The Morgan fingerprint density at radius 3 is 2.74 bits per heavy atom. The van der Waals surface area contributed by atoms with Gasteiger partial charge in [0.1, 0.15) is 0 Å². The molecular formula is C19H20ClNO2. The van der Waals surface area contributed by atoms with Crippen molar-refractivity contribution in [3.63, 3.8) is 0 Å². The fourth-order valence-corrected chi connectivity index (χ4v) is 5.45. The lowest BCUT2D eigenvalue weighted by molar-refractivity contribution is -0.218. The summed E-state index contributed by atoms with van der Waals surface area (Å²) in [4.78, 5) is 15.1. The minimum absolute atomic E-state index is 0.00698. The predicted molar refractivity (Wildman–Crippen MR) is 87.7 cm³/mol. The standard InChI is InChI=1S/C19H20ClNO2/c1-11-9-19(14-4-6-15(20)7-5-14)21(18(11)22)17-13-3-2-12(8-13)16(17)10-23-19/h2-7,11-13,16-17H,8-10H2,1H3/t11-,12+,13-,16+,17-,19-/m1/s1. The molecule has 1 aromatic carbocycles. The molecule has 0 unspecified atom stereocenters. The van der Waals surface area contributed by atoms with E-state index in [0.29, 0.717) is 28.8 Å². The van der Waals surface area contributed by atoms with Crippen molar-refractivity contribution in [1.29, 1.82) is 0 Å². The maximum atomic E-state index is 13.0. The van der Waals surface area contributed by atoms with Gasteiger partial charge in [0, 0.05) is 34.9 Å². The Balaban J connectivity index is 1.64. The maximum Gasteiger partial charge on any atom is 0.228 e. The fourth-order valence-electron chi connectivity index (χ4n) is 5.32. The molecule has 0 radical (unpaired) electrons. The van der Waals surface area contributed by atoms with Crippen LogP contribution in [0.1, 0.15) is 25.3 Å². The van der Waals surface area contributed by atoms with E-state index < -0.39 is 5.72 Å². The molecule has 4 heteroatoms. The van der Waals surface area contributed by atoms with Crippen LogP contribution in [0.4, 0.5) is 0 Å². The van der Waals surface area contributed by atoms with E-state index in [0.717, 1.165) is 18.6 Å².